The molecule has 0 fully saturated rings. The van der Waals surface area contributed by atoms with E-state index in [4.69, 9.17) is 16.9 Å². The minimum Gasteiger partial charge on any atom is -0.304 e. The molecule has 0 spiro atoms. The largest absolute Gasteiger partial charge is 0.304 e. The van der Waals surface area contributed by atoms with Gasteiger partial charge in [0.1, 0.15) is 0 Å². The van der Waals surface area contributed by atoms with Crippen molar-refractivity contribution in [1.29, 1.82) is 5.26 Å². The predicted octanol–water partition coefficient (Wildman–Crippen LogP) is 4.47. The van der Waals surface area contributed by atoms with Crippen molar-refractivity contribution in [2.45, 2.75) is 6.54 Å². The van der Waals surface area contributed by atoms with Crippen LogP contribution in [0.3, 0.4) is 0 Å². The van der Waals surface area contributed by atoms with Crippen molar-refractivity contribution in [1.82, 2.24) is 9.78 Å². The van der Waals surface area contributed by atoms with Crippen LogP contribution in [-0.4, -0.2) is 15.7 Å². The number of carbonyl (C=O) groups is 1. The third kappa shape index (κ3) is 4.27. The average molecular weight is 416 g/mol. The lowest BCUT2D eigenvalue weighted by Crippen LogP contribution is -2.13. The molecule has 1 heterocycles. The molecular weight excluding hydrogens is 404 g/mol. The second-order valence-corrected chi connectivity index (χ2v) is 6.59. The highest BCUT2D eigenvalue weighted by atomic mass is 79.9. The van der Waals surface area contributed by atoms with Crippen molar-refractivity contribution in [2.75, 3.05) is 5.32 Å². The smallest absolute Gasteiger partial charge is 0.256 e. The Morgan fingerprint density at radius 3 is 2.76 bits per heavy atom. The van der Waals surface area contributed by atoms with Crippen molar-refractivity contribution in [3.05, 3.63) is 80.9 Å². The first-order valence-electron chi connectivity index (χ1n) is 7.34. The van der Waals surface area contributed by atoms with Crippen LogP contribution in [0.1, 0.15) is 21.5 Å². The number of halogens is 2. The fourth-order valence-corrected chi connectivity index (χ4v) is 2.79. The highest BCUT2D eigenvalue weighted by molar-refractivity contribution is 9.10. The molecule has 7 heteroatoms. The zero-order valence-corrected chi connectivity index (χ0v) is 15.3. The second-order valence-electron chi connectivity index (χ2n) is 5.30. The number of nitrogens with zero attached hydrogens (tertiary/aromatic N) is 3. The van der Waals surface area contributed by atoms with E-state index in [0.717, 1.165) is 5.56 Å². The minimum atomic E-state index is -0.324. The first kappa shape index (κ1) is 17.2. The number of carbonyl (C=O) groups excluding carboxylic acids is 1. The molecule has 0 bridgehead atoms. The van der Waals surface area contributed by atoms with E-state index in [9.17, 15) is 4.79 Å². The molecule has 0 radical (unpaired) electrons. The number of nitriles is 1. The van der Waals surface area contributed by atoms with Crippen molar-refractivity contribution < 1.29 is 4.79 Å². The first-order valence-corrected chi connectivity index (χ1v) is 8.51. The van der Waals surface area contributed by atoms with Gasteiger partial charge in [0.05, 0.1) is 22.7 Å². The van der Waals surface area contributed by atoms with E-state index in [-0.39, 0.29) is 5.91 Å². The maximum Gasteiger partial charge on any atom is 0.256 e. The number of hydrogen-bond donors (Lipinski definition) is 1. The predicted molar refractivity (Wildman–Crippen MR) is 99.6 cm³/mol. The lowest BCUT2D eigenvalue weighted by Gasteiger charge is -2.04. The van der Waals surface area contributed by atoms with Crippen LogP contribution in [0, 0.1) is 11.3 Å². The van der Waals surface area contributed by atoms with Gasteiger partial charge in [-0.2, -0.15) is 10.4 Å². The molecule has 124 valence electrons. The van der Waals surface area contributed by atoms with Crippen LogP contribution >= 0.6 is 27.5 Å². The van der Waals surface area contributed by atoms with E-state index >= 15 is 0 Å². The summed E-state index contributed by atoms with van der Waals surface area (Å²) in [5.41, 5.74) is 1.87. The summed E-state index contributed by atoms with van der Waals surface area (Å²) < 4.78 is 2.39. The molecule has 0 saturated heterocycles. The minimum absolute atomic E-state index is 0.324. The molecule has 0 unspecified atom stereocenters. The third-order valence-electron chi connectivity index (χ3n) is 3.46. The second kappa shape index (κ2) is 7.51. The molecule has 0 saturated carbocycles. The van der Waals surface area contributed by atoms with E-state index < -0.39 is 0 Å². The molecule has 1 N–H and O–H groups in total. The van der Waals surface area contributed by atoms with E-state index in [0.29, 0.717) is 33.0 Å². The summed E-state index contributed by atoms with van der Waals surface area (Å²) in [6.07, 6.45) is 1.79. The summed E-state index contributed by atoms with van der Waals surface area (Å²) in [4.78, 5) is 12.3. The van der Waals surface area contributed by atoms with Crippen LogP contribution in [0.2, 0.25) is 5.02 Å². The zero-order valence-electron chi connectivity index (χ0n) is 12.9. The molecule has 0 atom stereocenters. The molecule has 0 aliphatic rings. The molecular formula is C18H12BrClN4O. The van der Waals surface area contributed by atoms with Crippen molar-refractivity contribution in [2.24, 2.45) is 0 Å². The Labute approximate surface area is 158 Å². The van der Waals surface area contributed by atoms with Crippen LogP contribution in [0.4, 0.5) is 5.82 Å². The molecule has 3 rings (SSSR count). The number of benzene rings is 2. The Balaban J connectivity index is 1.75. The van der Waals surface area contributed by atoms with Gasteiger partial charge in [-0.05, 0) is 51.8 Å². The Morgan fingerprint density at radius 1 is 1.28 bits per heavy atom. The van der Waals surface area contributed by atoms with Gasteiger partial charge >= 0.3 is 0 Å². The molecule has 25 heavy (non-hydrogen) atoms. The highest BCUT2D eigenvalue weighted by Crippen LogP contribution is 2.22. The van der Waals surface area contributed by atoms with Gasteiger partial charge in [0.2, 0.25) is 0 Å². The molecule has 3 aromatic rings. The maximum atomic E-state index is 12.3. The third-order valence-corrected chi connectivity index (χ3v) is 4.29. The van der Waals surface area contributed by atoms with Crippen LogP contribution in [0.5, 0.6) is 0 Å². The van der Waals surface area contributed by atoms with Crippen molar-refractivity contribution in [3.8, 4) is 6.07 Å². The van der Waals surface area contributed by atoms with E-state index in [1.807, 2.05) is 30.3 Å². The first-order chi connectivity index (χ1) is 12.0. The van der Waals surface area contributed by atoms with Crippen LogP contribution in [0.25, 0.3) is 0 Å². The topological polar surface area (TPSA) is 70.7 Å². The van der Waals surface area contributed by atoms with Gasteiger partial charge in [-0.25, -0.2) is 0 Å². The van der Waals surface area contributed by atoms with E-state index in [2.05, 4.69) is 26.3 Å². The van der Waals surface area contributed by atoms with Gasteiger partial charge in [0.25, 0.3) is 5.91 Å². The molecule has 1 amide bonds. The molecule has 0 aliphatic heterocycles. The van der Waals surface area contributed by atoms with Crippen LogP contribution in [0.15, 0.2) is 59.2 Å². The van der Waals surface area contributed by atoms with Gasteiger partial charge in [-0.3, -0.25) is 9.48 Å². The fraction of sp³-hybridized carbons (Fsp3) is 0.0556. The summed E-state index contributed by atoms with van der Waals surface area (Å²) in [7, 11) is 0. The number of rotatable bonds is 4. The molecule has 0 aliphatic carbocycles. The lowest BCUT2D eigenvalue weighted by molar-refractivity contribution is 0.102. The number of aromatic nitrogens is 2. The summed E-state index contributed by atoms with van der Waals surface area (Å²) in [5, 5.41) is 16.7. The summed E-state index contributed by atoms with van der Waals surface area (Å²) in [6.45, 7) is 0.551. The number of hydrogen-bond acceptors (Lipinski definition) is 3. The summed E-state index contributed by atoms with van der Waals surface area (Å²) in [6, 6.07) is 16.0. The van der Waals surface area contributed by atoms with Crippen molar-refractivity contribution in [3.63, 3.8) is 0 Å². The van der Waals surface area contributed by atoms with Gasteiger partial charge in [0, 0.05) is 16.8 Å². The standard InChI is InChI=1S/C18H12BrClN4O/c19-16-11-24(10-12-4-6-15(20)7-5-12)23-17(16)22-18(25)14-3-1-2-13(8-14)9-21/h1-8,11H,10H2,(H,22,23,25). The lowest BCUT2D eigenvalue weighted by atomic mass is 10.1. The fourth-order valence-electron chi connectivity index (χ4n) is 2.25. The monoisotopic (exact) mass is 414 g/mol. The van der Waals surface area contributed by atoms with Crippen LogP contribution in [-0.2, 0) is 6.54 Å². The van der Waals surface area contributed by atoms with Gasteiger partial charge in [-0.15, -0.1) is 0 Å². The van der Waals surface area contributed by atoms with Crippen molar-refractivity contribution >= 4 is 39.3 Å². The molecule has 5 nitrogen and oxygen atoms in total. The maximum absolute atomic E-state index is 12.3. The zero-order chi connectivity index (χ0) is 17.8. The summed E-state index contributed by atoms with van der Waals surface area (Å²) >= 11 is 9.28. The normalized spacial score (nSPS) is 10.3. The Kier molecular flexibility index (Phi) is 5.17. The Morgan fingerprint density at radius 2 is 2.04 bits per heavy atom. The number of anilines is 1. The quantitative estimate of drug-likeness (QED) is 0.683. The van der Waals surface area contributed by atoms with Gasteiger partial charge in [-0.1, -0.05) is 29.8 Å². The van der Waals surface area contributed by atoms with Gasteiger partial charge < -0.3 is 5.32 Å². The SMILES string of the molecule is N#Cc1cccc(C(=O)Nc2nn(Cc3ccc(Cl)cc3)cc2Br)c1. The summed E-state index contributed by atoms with van der Waals surface area (Å²) in [5.74, 6) is 0.0934. The van der Waals surface area contributed by atoms with E-state index in [1.54, 1.807) is 29.1 Å². The van der Waals surface area contributed by atoms with Crippen LogP contribution < -0.4 is 5.32 Å². The highest BCUT2D eigenvalue weighted by Gasteiger charge is 2.12. The average Bonchev–Trinajstić information content (AvgIpc) is 2.96. The van der Waals surface area contributed by atoms with E-state index in [1.165, 1.54) is 6.07 Å². The Hall–Kier alpha value is -2.62. The Bertz CT molecular complexity index is 960. The van der Waals surface area contributed by atoms with Gasteiger partial charge in [0.15, 0.2) is 5.82 Å². The number of nitrogens with one attached hydrogen (secondary N) is 1. The number of amides is 1. The molecule has 2 aromatic carbocycles. The molecule has 1 aromatic heterocycles.